The first-order chi connectivity index (χ1) is 8.20. The number of hydrogen-bond acceptors (Lipinski definition) is 3. The maximum Gasteiger partial charge on any atom is 0.354 e. The predicted octanol–water partition coefficient (Wildman–Crippen LogP) is 2.31. The third-order valence-electron chi connectivity index (χ3n) is 3.05. The lowest BCUT2D eigenvalue weighted by molar-refractivity contribution is 0.0555. The highest BCUT2D eigenvalue weighted by atomic mass is 127. The van der Waals surface area contributed by atoms with Crippen molar-refractivity contribution in [1.29, 1.82) is 0 Å². The van der Waals surface area contributed by atoms with Crippen LogP contribution < -0.4 is 0 Å². The Labute approximate surface area is 114 Å². The van der Waals surface area contributed by atoms with Crippen LogP contribution in [-0.4, -0.2) is 30.9 Å². The van der Waals surface area contributed by atoms with Gasteiger partial charge in [0.2, 0.25) is 0 Å². The van der Waals surface area contributed by atoms with E-state index in [0.717, 1.165) is 36.2 Å². The fourth-order valence-electron chi connectivity index (χ4n) is 2.11. The molecule has 1 aliphatic heterocycles. The summed E-state index contributed by atoms with van der Waals surface area (Å²) in [6, 6.07) is 1.87. The number of ether oxygens (including phenoxy) is 2. The second kappa shape index (κ2) is 5.86. The third kappa shape index (κ3) is 3.22. The van der Waals surface area contributed by atoms with Gasteiger partial charge in [0.15, 0.2) is 0 Å². The van der Waals surface area contributed by atoms with Crippen LogP contribution in [0.1, 0.15) is 23.3 Å². The molecule has 94 valence electrons. The number of carbonyl (C=O) groups is 1. The van der Waals surface area contributed by atoms with Crippen LogP contribution in [0.3, 0.4) is 0 Å². The molecule has 0 saturated carbocycles. The lowest BCUT2D eigenvalue weighted by atomic mass is 10.0. The monoisotopic (exact) mass is 349 g/mol. The van der Waals surface area contributed by atoms with Crippen LogP contribution in [0.5, 0.6) is 0 Å². The zero-order valence-corrected chi connectivity index (χ0v) is 12.0. The van der Waals surface area contributed by atoms with Gasteiger partial charge in [-0.1, -0.05) is 0 Å². The van der Waals surface area contributed by atoms with Gasteiger partial charge >= 0.3 is 5.97 Å². The van der Waals surface area contributed by atoms with Gasteiger partial charge in [-0.05, 0) is 47.4 Å². The first kappa shape index (κ1) is 12.9. The lowest BCUT2D eigenvalue weighted by Gasteiger charge is -2.23. The summed E-state index contributed by atoms with van der Waals surface area (Å²) in [5.41, 5.74) is 0.642. The van der Waals surface area contributed by atoms with Crippen molar-refractivity contribution >= 4 is 28.6 Å². The summed E-state index contributed by atoms with van der Waals surface area (Å²) in [5.74, 6) is 0.329. The van der Waals surface area contributed by atoms with Crippen LogP contribution >= 0.6 is 22.6 Å². The molecule has 0 aromatic carbocycles. The average molecular weight is 349 g/mol. The number of methoxy groups -OCH3 is 1. The molecule has 17 heavy (non-hydrogen) atoms. The fraction of sp³-hybridized carbons (Fsp3) is 0.583. The highest BCUT2D eigenvalue weighted by Gasteiger charge is 2.19. The number of aromatic nitrogens is 1. The van der Waals surface area contributed by atoms with E-state index in [1.807, 2.05) is 16.8 Å². The van der Waals surface area contributed by atoms with Gasteiger partial charge in [-0.15, -0.1) is 0 Å². The molecule has 0 spiro atoms. The summed E-state index contributed by atoms with van der Waals surface area (Å²) < 4.78 is 13.2. The summed E-state index contributed by atoms with van der Waals surface area (Å²) in [5, 5.41) is 0. The van der Waals surface area contributed by atoms with E-state index in [-0.39, 0.29) is 5.97 Å². The molecule has 2 rings (SSSR count). The van der Waals surface area contributed by atoms with E-state index in [9.17, 15) is 4.79 Å². The Morgan fingerprint density at radius 1 is 1.59 bits per heavy atom. The lowest BCUT2D eigenvalue weighted by Crippen LogP contribution is -2.22. The Bertz CT molecular complexity index is 396. The smallest absolute Gasteiger partial charge is 0.354 e. The van der Waals surface area contributed by atoms with Crippen molar-refractivity contribution in [3.8, 4) is 0 Å². The summed E-state index contributed by atoms with van der Waals surface area (Å²) in [7, 11) is 1.42. The highest BCUT2D eigenvalue weighted by molar-refractivity contribution is 14.1. The quantitative estimate of drug-likeness (QED) is 0.621. The SMILES string of the molecule is COC(=O)c1cc(I)cn1CC1CCOCC1. The van der Waals surface area contributed by atoms with Gasteiger partial charge in [-0.25, -0.2) is 4.79 Å². The van der Waals surface area contributed by atoms with Crippen molar-refractivity contribution in [2.24, 2.45) is 5.92 Å². The van der Waals surface area contributed by atoms with Gasteiger partial charge in [0.05, 0.1) is 7.11 Å². The van der Waals surface area contributed by atoms with E-state index in [2.05, 4.69) is 22.6 Å². The maximum atomic E-state index is 11.6. The van der Waals surface area contributed by atoms with Crippen molar-refractivity contribution < 1.29 is 14.3 Å². The molecule has 5 heteroatoms. The molecular formula is C12H16INO3. The summed E-state index contributed by atoms with van der Waals surface area (Å²) in [6.45, 7) is 2.53. The summed E-state index contributed by atoms with van der Waals surface area (Å²) in [6.07, 6.45) is 4.13. The second-order valence-corrected chi connectivity index (χ2v) is 5.49. The molecule has 0 aliphatic carbocycles. The molecule has 1 aromatic rings. The Balaban J connectivity index is 2.11. The molecule has 0 unspecified atom stereocenters. The molecule has 0 bridgehead atoms. The molecule has 4 nitrogen and oxygen atoms in total. The van der Waals surface area contributed by atoms with Crippen LogP contribution in [0.15, 0.2) is 12.3 Å². The van der Waals surface area contributed by atoms with Crippen LogP contribution in [0, 0.1) is 9.49 Å². The van der Waals surface area contributed by atoms with Gasteiger partial charge < -0.3 is 14.0 Å². The Hall–Kier alpha value is -0.560. The van der Waals surface area contributed by atoms with E-state index in [1.165, 1.54) is 7.11 Å². The van der Waals surface area contributed by atoms with Gasteiger partial charge in [-0.3, -0.25) is 0 Å². The zero-order chi connectivity index (χ0) is 12.3. The minimum absolute atomic E-state index is 0.264. The first-order valence-electron chi connectivity index (χ1n) is 5.72. The molecule has 1 aliphatic rings. The van der Waals surface area contributed by atoms with E-state index in [4.69, 9.17) is 9.47 Å². The van der Waals surface area contributed by atoms with Crippen molar-refractivity contribution in [1.82, 2.24) is 4.57 Å². The molecular weight excluding hydrogens is 333 g/mol. The molecule has 0 radical (unpaired) electrons. The van der Waals surface area contributed by atoms with E-state index in [1.54, 1.807) is 0 Å². The van der Waals surface area contributed by atoms with Crippen LogP contribution in [0.25, 0.3) is 0 Å². The predicted molar refractivity (Wildman–Crippen MR) is 72.0 cm³/mol. The second-order valence-electron chi connectivity index (χ2n) is 4.24. The summed E-state index contributed by atoms with van der Waals surface area (Å²) >= 11 is 2.22. The van der Waals surface area contributed by atoms with Crippen molar-refractivity contribution in [2.45, 2.75) is 19.4 Å². The Morgan fingerprint density at radius 3 is 2.94 bits per heavy atom. The largest absolute Gasteiger partial charge is 0.464 e. The van der Waals surface area contributed by atoms with Crippen molar-refractivity contribution in [3.63, 3.8) is 0 Å². The van der Waals surface area contributed by atoms with E-state index < -0.39 is 0 Å². The van der Waals surface area contributed by atoms with Crippen LogP contribution in [0.4, 0.5) is 0 Å². The fourth-order valence-corrected chi connectivity index (χ4v) is 2.74. The third-order valence-corrected chi connectivity index (χ3v) is 3.64. The summed E-state index contributed by atoms with van der Waals surface area (Å²) in [4.78, 5) is 11.6. The number of esters is 1. The van der Waals surface area contributed by atoms with Crippen LogP contribution in [0.2, 0.25) is 0 Å². The zero-order valence-electron chi connectivity index (χ0n) is 9.82. The molecule has 1 fully saturated rings. The molecule has 0 atom stereocenters. The minimum Gasteiger partial charge on any atom is -0.464 e. The topological polar surface area (TPSA) is 40.5 Å². The molecule has 1 saturated heterocycles. The maximum absolute atomic E-state index is 11.6. The number of carbonyl (C=O) groups excluding carboxylic acids is 1. The van der Waals surface area contributed by atoms with Crippen molar-refractivity contribution in [3.05, 3.63) is 21.5 Å². The van der Waals surface area contributed by atoms with E-state index in [0.29, 0.717) is 11.6 Å². The van der Waals surface area contributed by atoms with Crippen molar-refractivity contribution in [2.75, 3.05) is 20.3 Å². The highest BCUT2D eigenvalue weighted by Crippen LogP contribution is 2.20. The number of hydrogen-bond donors (Lipinski definition) is 0. The standard InChI is InChI=1S/C12H16INO3/c1-16-12(15)11-6-10(13)8-14(11)7-9-2-4-17-5-3-9/h6,8-9H,2-5,7H2,1H3. The van der Waals surface area contributed by atoms with E-state index >= 15 is 0 Å². The molecule has 1 aromatic heterocycles. The Kier molecular flexibility index (Phi) is 4.44. The van der Waals surface area contributed by atoms with Gasteiger partial charge in [-0.2, -0.15) is 0 Å². The minimum atomic E-state index is -0.264. The number of nitrogens with zero attached hydrogens (tertiary/aromatic N) is 1. The molecule has 2 heterocycles. The number of halogens is 1. The first-order valence-corrected chi connectivity index (χ1v) is 6.80. The Morgan fingerprint density at radius 2 is 2.29 bits per heavy atom. The average Bonchev–Trinajstić information content (AvgIpc) is 2.70. The van der Waals surface area contributed by atoms with Gasteiger partial charge in [0.25, 0.3) is 0 Å². The molecule has 0 amide bonds. The normalized spacial score (nSPS) is 17.1. The molecule has 0 N–H and O–H groups in total. The van der Waals surface area contributed by atoms with Gasteiger partial charge in [0, 0.05) is 29.5 Å². The number of rotatable bonds is 3. The van der Waals surface area contributed by atoms with Gasteiger partial charge in [0.1, 0.15) is 5.69 Å². The van der Waals surface area contributed by atoms with Crippen LogP contribution in [-0.2, 0) is 16.0 Å².